The molecule has 3 amide bonds. The number of aryl methyl sites for hydroxylation is 1. The normalized spacial score (nSPS) is 12.9. The Balaban J connectivity index is 1.15. The van der Waals surface area contributed by atoms with Gasteiger partial charge in [-0.25, -0.2) is 0 Å². The van der Waals surface area contributed by atoms with E-state index in [1.807, 2.05) is 49.4 Å². The van der Waals surface area contributed by atoms with Crippen molar-refractivity contribution in [3.8, 4) is 5.69 Å². The van der Waals surface area contributed by atoms with Crippen LogP contribution in [0.2, 0.25) is 0 Å². The minimum Gasteiger partial charge on any atom is -0.312 e. The predicted molar refractivity (Wildman–Crippen MR) is 142 cm³/mol. The number of hydrogen-bond donors (Lipinski definition) is 1. The predicted octanol–water partition coefficient (Wildman–Crippen LogP) is 6.12. The molecule has 0 saturated carbocycles. The third-order valence-electron chi connectivity index (χ3n) is 6.81. The molecule has 6 nitrogen and oxygen atoms in total. The van der Waals surface area contributed by atoms with E-state index in [2.05, 4.69) is 22.0 Å². The van der Waals surface area contributed by atoms with E-state index in [0.717, 1.165) is 53.7 Å². The van der Waals surface area contributed by atoms with Crippen LogP contribution < -0.4 is 5.32 Å². The van der Waals surface area contributed by atoms with Gasteiger partial charge in [0, 0.05) is 24.0 Å². The summed E-state index contributed by atoms with van der Waals surface area (Å²) in [5, 5.41) is 4.27. The third kappa shape index (κ3) is 4.42. The van der Waals surface area contributed by atoms with Gasteiger partial charge in [-0.3, -0.25) is 23.9 Å². The average Bonchev–Trinajstić information content (AvgIpc) is 3.32. The Kier molecular flexibility index (Phi) is 6.67. The summed E-state index contributed by atoms with van der Waals surface area (Å²) in [6, 6.07) is 25.2. The maximum atomic E-state index is 12.9. The molecule has 0 spiro atoms. The zero-order valence-electron chi connectivity index (χ0n) is 20.4. The molecule has 36 heavy (non-hydrogen) atoms. The van der Waals surface area contributed by atoms with E-state index >= 15 is 0 Å². The second-order valence-electron chi connectivity index (χ2n) is 9.18. The fourth-order valence-corrected chi connectivity index (χ4v) is 4.94. The highest BCUT2D eigenvalue weighted by atomic mass is 16.2. The van der Waals surface area contributed by atoms with Crippen molar-refractivity contribution >= 4 is 34.4 Å². The number of rotatable bonds is 9. The molecule has 0 aliphatic carbocycles. The van der Waals surface area contributed by atoms with Crippen LogP contribution in [-0.2, 0) is 4.79 Å². The molecular formula is C30H29N3O3. The van der Waals surface area contributed by atoms with Crippen LogP contribution >= 0.6 is 0 Å². The van der Waals surface area contributed by atoms with Crippen molar-refractivity contribution in [1.29, 1.82) is 0 Å². The summed E-state index contributed by atoms with van der Waals surface area (Å²) in [5.74, 6) is 0.370. The molecule has 182 valence electrons. The Hall–Kier alpha value is -4.19. The summed E-state index contributed by atoms with van der Waals surface area (Å²) in [6.07, 6.45) is 3.61. The molecule has 6 heteroatoms. The number of hydrogen-bond acceptors (Lipinski definition) is 3. The number of carbonyl (C=O) groups excluding carboxylic acids is 3. The van der Waals surface area contributed by atoms with Crippen LogP contribution in [0.4, 0.5) is 5.82 Å². The molecule has 0 saturated heterocycles. The molecule has 5 rings (SSSR count). The lowest BCUT2D eigenvalue weighted by Gasteiger charge is -2.14. The summed E-state index contributed by atoms with van der Waals surface area (Å²) >= 11 is 0. The molecule has 2 heterocycles. The molecule has 0 fully saturated rings. The molecule has 1 aromatic heterocycles. The van der Waals surface area contributed by atoms with Crippen LogP contribution in [0.25, 0.3) is 16.6 Å². The van der Waals surface area contributed by atoms with Crippen LogP contribution in [0.15, 0.2) is 78.9 Å². The average molecular weight is 480 g/mol. The van der Waals surface area contributed by atoms with Gasteiger partial charge in [0.05, 0.1) is 16.6 Å². The maximum absolute atomic E-state index is 12.9. The SMILES string of the molecule is Cc1c(NC(=O)CCCCCCN2C(=O)c3ccccc3C2=O)n(-c2ccccc2)c2ccccc12. The van der Waals surface area contributed by atoms with Gasteiger partial charge in [0.15, 0.2) is 0 Å². The Morgan fingerprint density at radius 1 is 0.750 bits per heavy atom. The minimum atomic E-state index is -0.209. The van der Waals surface area contributed by atoms with Crippen LogP contribution in [0, 0.1) is 6.92 Å². The Labute approximate surface area is 210 Å². The number of aromatic nitrogens is 1. The van der Waals surface area contributed by atoms with Crippen LogP contribution in [0.3, 0.4) is 0 Å². The number of para-hydroxylation sites is 2. The lowest BCUT2D eigenvalue weighted by atomic mass is 10.1. The number of benzene rings is 3. The fourth-order valence-electron chi connectivity index (χ4n) is 4.94. The van der Waals surface area contributed by atoms with Gasteiger partial charge in [0.1, 0.15) is 5.82 Å². The molecule has 0 unspecified atom stereocenters. The second-order valence-corrected chi connectivity index (χ2v) is 9.18. The summed E-state index contributed by atoms with van der Waals surface area (Å²) in [6.45, 7) is 2.45. The maximum Gasteiger partial charge on any atom is 0.261 e. The lowest BCUT2D eigenvalue weighted by Crippen LogP contribution is -2.30. The second kappa shape index (κ2) is 10.2. The molecule has 0 atom stereocenters. The van der Waals surface area contributed by atoms with E-state index in [0.29, 0.717) is 24.1 Å². The summed E-state index contributed by atoms with van der Waals surface area (Å²) in [7, 11) is 0. The molecule has 0 bridgehead atoms. The van der Waals surface area contributed by atoms with Gasteiger partial charge < -0.3 is 5.32 Å². The van der Waals surface area contributed by atoms with Crippen molar-refractivity contribution in [2.45, 2.75) is 39.0 Å². The van der Waals surface area contributed by atoms with Crippen molar-refractivity contribution in [3.05, 3.63) is 95.6 Å². The standard InChI is InChI=1S/C30H29N3O3/c1-21-23-15-10-11-18-26(23)33(22-13-5-4-6-14-22)28(21)31-27(34)19-7-2-3-12-20-32-29(35)24-16-8-9-17-25(24)30(32)36/h4-6,8-11,13-18H,2-3,7,12,19-20H2,1H3,(H,31,34). The van der Waals surface area contributed by atoms with Crippen molar-refractivity contribution in [2.75, 3.05) is 11.9 Å². The fraction of sp³-hybridized carbons (Fsp3) is 0.233. The van der Waals surface area contributed by atoms with Crippen LogP contribution in [0.5, 0.6) is 0 Å². The van der Waals surface area contributed by atoms with Gasteiger partial charge in [-0.2, -0.15) is 0 Å². The van der Waals surface area contributed by atoms with Gasteiger partial charge in [-0.1, -0.05) is 61.4 Å². The quantitative estimate of drug-likeness (QED) is 0.232. The summed E-state index contributed by atoms with van der Waals surface area (Å²) in [4.78, 5) is 39.1. The number of carbonyl (C=O) groups is 3. The first-order valence-corrected chi connectivity index (χ1v) is 12.5. The molecule has 3 aromatic carbocycles. The number of anilines is 1. The highest BCUT2D eigenvalue weighted by Crippen LogP contribution is 2.33. The van der Waals surface area contributed by atoms with Crippen molar-refractivity contribution in [1.82, 2.24) is 9.47 Å². The molecule has 1 N–H and O–H groups in total. The van der Waals surface area contributed by atoms with Gasteiger partial charge in [-0.05, 0) is 55.7 Å². The Morgan fingerprint density at radius 3 is 2.08 bits per heavy atom. The number of fused-ring (bicyclic) bond motifs is 2. The number of amides is 3. The first kappa shape index (κ1) is 23.5. The lowest BCUT2D eigenvalue weighted by molar-refractivity contribution is -0.116. The monoisotopic (exact) mass is 479 g/mol. The zero-order chi connectivity index (χ0) is 25.1. The van der Waals surface area contributed by atoms with E-state index in [1.165, 1.54) is 4.90 Å². The summed E-state index contributed by atoms with van der Waals surface area (Å²) < 4.78 is 2.10. The topological polar surface area (TPSA) is 71.4 Å². The highest BCUT2D eigenvalue weighted by Gasteiger charge is 2.34. The zero-order valence-corrected chi connectivity index (χ0v) is 20.4. The van der Waals surface area contributed by atoms with E-state index in [4.69, 9.17) is 0 Å². The first-order valence-electron chi connectivity index (χ1n) is 12.5. The minimum absolute atomic E-state index is 0.0153. The van der Waals surface area contributed by atoms with Crippen molar-refractivity contribution < 1.29 is 14.4 Å². The highest BCUT2D eigenvalue weighted by molar-refractivity contribution is 6.21. The molecular weight excluding hydrogens is 450 g/mol. The third-order valence-corrected chi connectivity index (χ3v) is 6.81. The van der Waals surface area contributed by atoms with Crippen LogP contribution in [-0.4, -0.2) is 33.7 Å². The van der Waals surface area contributed by atoms with E-state index in [1.54, 1.807) is 24.3 Å². The smallest absolute Gasteiger partial charge is 0.261 e. The van der Waals surface area contributed by atoms with E-state index in [9.17, 15) is 14.4 Å². The largest absolute Gasteiger partial charge is 0.312 e. The molecule has 1 aliphatic heterocycles. The van der Waals surface area contributed by atoms with Crippen LogP contribution in [0.1, 0.15) is 58.4 Å². The molecule has 1 aliphatic rings. The number of nitrogens with zero attached hydrogens (tertiary/aromatic N) is 2. The van der Waals surface area contributed by atoms with Gasteiger partial charge in [0.25, 0.3) is 11.8 Å². The van der Waals surface area contributed by atoms with Gasteiger partial charge >= 0.3 is 0 Å². The van der Waals surface area contributed by atoms with Crippen molar-refractivity contribution in [3.63, 3.8) is 0 Å². The summed E-state index contributed by atoms with van der Waals surface area (Å²) in [5.41, 5.74) is 4.09. The van der Waals surface area contributed by atoms with Gasteiger partial charge in [0.2, 0.25) is 5.91 Å². The Morgan fingerprint density at radius 2 is 1.36 bits per heavy atom. The Bertz CT molecular complexity index is 1400. The first-order chi connectivity index (χ1) is 17.6. The molecule has 4 aromatic rings. The number of unbranched alkanes of at least 4 members (excludes halogenated alkanes) is 3. The molecule has 0 radical (unpaired) electrons. The number of imide groups is 1. The van der Waals surface area contributed by atoms with Crippen molar-refractivity contribution in [2.24, 2.45) is 0 Å². The van der Waals surface area contributed by atoms with E-state index in [-0.39, 0.29) is 17.7 Å². The van der Waals surface area contributed by atoms with E-state index < -0.39 is 0 Å². The van der Waals surface area contributed by atoms with Gasteiger partial charge in [-0.15, -0.1) is 0 Å². The number of nitrogens with one attached hydrogen (secondary N) is 1.